The van der Waals surface area contributed by atoms with Gasteiger partial charge >= 0.3 is 0 Å². The Balaban J connectivity index is 1.68. The van der Waals surface area contributed by atoms with Gasteiger partial charge in [0.1, 0.15) is 0 Å². The summed E-state index contributed by atoms with van der Waals surface area (Å²) >= 11 is 5.90. The Bertz CT molecular complexity index is 755. The van der Waals surface area contributed by atoms with Crippen molar-refractivity contribution in [2.75, 3.05) is 5.32 Å². The van der Waals surface area contributed by atoms with Gasteiger partial charge in [0.25, 0.3) is 11.5 Å². The van der Waals surface area contributed by atoms with Crippen molar-refractivity contribution < 1.29 is 4.79 Å². The van der Waals surface area contributed by atoms with Crippen LogP contribution in [0.3, 0.4) is 0 Å². The summed E-state index contributed by atoms with van der Waals surface area (Å²) in [6.07, 6.45) is 2.11. The number of carbonyl (C=O) groups is 1. The van der Waals surface area contributed by atoms with Crippen LogP contribution >= 0.6 is 11.6 Å². The van der Waals surface area contributed by atoms with Gasteiger partial charge < -0.3 is 10.6 Å². The second-order valence-electron chi connectivity index (χ2n) is 5.24. The summed E-state index contributed by atoms with van der Waals surface area (Å²) in [7, 11) is 0. The molecular weight excluding hydrogens is 304 g/mol. The molecule has 0 saturated heterocycles. The number of carbonyl (C=O) groups excluding carboxylic acids is 1. The first-order valence-electron chi connectivity index (χ1n) is 7.01. The van der Waals surface area contributed by atoms with Crippen molar-refractivity contribution in [1.82, 2.24) is 15.5 Å². The molecule has 1 aliphatic carbocycles. The summed E-state index contributed by atoms with van der Waals surface area (Å²) in [5.74, 6) is -0.0554. The number of halogens is 1. The van der Waals surface area contributed by atoms with Gasteiger partial charge in [-0.3, -0.25) is 9.59 Å². The Morgan fingerprint density at radius 2 is 2.18 bits per heavy atom. The van der Waals surface area contributed by atoms with E-state index in [1.807, 2.05) is 18.2 Å². The third-order valence-corrected chi connectivity index (χ3v) is 3.63. The van der Waals surface area contributed by atoms with E-state index in [9.17, 15) is 9.59 Å². The topological polar surface area (TPSA) is 86.9 Å². The molecule has 3 rings (SSSR count). The molecule has 0 aliphatic heterocycles. The van der Waals surface area contributed by atoms with Crippen LogP contribution in [0.1, 0.15) is 28.8 Å². The Kier molecular flexibility index (Phi) is 4.11. The van der Waals surface area contributed by atoms with Crippen LogP contribution < -0.4 is 16.2 Å². The van der Waals surface area contributed by atoms with Crippen molar-refractivity contribution in [3.05, 3.63) is 57.0 Å². The zero-order valence-electron chi connectivity index (χ0n) is 11.7. The summed E-state index contributed by atoms with van der Waals surface area (Å²) in [5.41, 5.74) is 1.67. The number of H-pyrrole nitrogens is 1. The standard InChI is InChI=1S/C15H15ClN4O2/c16-14-12(7-13(21)19-20-14)17-8-9-2-1-3-10(6-9)15(22)18-11-4-5-11/h1-3,6-7,11H,4-5,8H2,(H,18,22)(H2,17,19,21). The fourth-order valence-electron chi connectivity index (χ4n) is 2.03. The van der Waals surface area contributed by atoms with E-state index >= 15 is 0 Å². The second kappa shape index (κ2) is 6.19. The fourth-order valence-corrected chi connectivity index (χ4v) is 2.19. The predicted octanol–water partition coefficient (Wildman–Crippen LogP) is 1.93. The van der Waals surface area contributed by atoms with Crippen LogP contribution in [0.4, 0.5) is 5.69 Å². The molecule has 1 amide bonds. The number of hydrogen-bond acceptors (Lipinski definition) is 4. The molecule has 22 heavy (non-hydrogen) atoms. The zero-order valence-corrected chi connectivity index (χ0v) is 12.5. The first-order valence-corrected chi connectivity index (χ1v) is 7.38. The SMILES string of the molecule is O=C(NC1CC1)c1cccc(CNc2cc(=O)[nH]nc2Cl)c1. The number of aromatic amines is 1. The van der Waals surface area contributed by atoms with E-state index in [1.54, 1.807) is 6.07 Å². The lowest BCUT2D eigenvalue weighted by Gasteiger charge is -2.09. The van der Waals surface area contributed by atoms with Gasteiger partial charge in [0.05, 0.1) is 5.69 Å². The molecule has 0 atom stereocenters. The first kappa shape index (κ1) is 14.6. The Morgan fingerprint density at radius 1 is 1.36 bits per heavy atom. The first-order chi connectivity index (χ1) is 10.6. The maximum atomic E-state index is 12.0. The highest BCUT2D eigenvalue weighted by molar-refractivity contribution is 6.31. The highest BCUT2D eigenvalue weighted by Gasteiger charge is 2.23. The van der Waals surface area contributed by atoms with Crippen LogP contribution in [-0.4, -0.2) is 22.1 Å². The molecule has 7 heteroatoms. The maximum Gasteiger partial charge on any atom is 0.266 e. The van der Waals surface area contributed by atoms with Gasteiger partial charge in [0.2, 0.25) is 0 Å². The summed E-state index contributed by atoms with van der Waals surface area (Å²) in [6, 6.07) is 9.00. The Labute approximate surface area is 131 Å². The quantitative estimate of drug-likeness (QED) is 0.786. The summed E-state index contributed by atoms with van der Waals surface area (Å²) in [5, 5.41) is 12.1. The van der Waals surface area contributed by atoms with Gasteiger partial charge in [-0.15, -0.1) is 0 Å². The number of aromatic nitrogens is 2. The van der Waals surface area contributed by atoms with Crippen molar-refractivity contribution in [3.63, 3.8) is 0 Å². The molecule has 0 unspecified atom stereocenters. The van der Waals surface area contributed by atoms with Gasteiger partial charge in [0, 0.05) is 24.2 Å². The predicted molar refractivity (Wildman–Crippen MR) is 84.1 cm³/mol. The van der Waals surface area contributed by atoms with Gasteiger partial charge in [-0.25, -0.2) is 5.10 Å². The highest BCUT2D eigenvalue weighted by atomic mass is 35.5. The summed E-state index contributed by atoms with van der Waals surface area (Å²) < 4.78 is 0. The van der Waals surface area contributed by atoms with Gasteiger partial charge in [-0.1, -0.05) is 23.7 Å². The Hall–Kier alpha value is -2.34. The minimum absolute atomic E-state index is 0.0554. The number of anilines is 1. The van der Waals surface area contributed by atoms with Gasteiger partial charge in [-0.2, -0.15) is 5.10 Å². The van der Waals surface area contributed by atoms with E-state index in [-0.39, 0.29) is 16.6 Å². The average molecular weight is 319 g/mol. The number of nitrogens with zero attached hydrogens (tertiary/aromatic N) is 1. The van der Waals surface area contributed by atoms with Crippen molar-refractivity contribution in [1.29, 1.82) is 0 Å². The van der Waals surface area contributed by atoms with E-state index in [0.29, 0.717) is 23.8 Å². The molecule has 1 aliphatic rings. The van der Waals surface area contributed by atoms with E-state index < -0.39 is 0 Å². The third kappa shape index (κ3) is 3.65. The number of rotatable bonds is 5. The molecule has 1 fully saturated rings. The lowest BCUT2D eigenvalue weighted by molar-refractivity contribution is 0.0951. The van der Waals surface area contributed by atoms with E-state index in [2.05, 4.69) is 20.8 Å². The molecule has 0 spiro atoms. The lowest BCUT2D eigenvalue weighted by Crippen LogP contribution is -2.25. The minimum atomic E-state index is -0.329. The fraction of sp³-hybridized carbons (Fsp3) is 0.267. The van der Waals surface area contributed by atoms with Crippen LogP contribution in [0.15, 0.2) is 35.1 Å². The van der Waals surface area contributed by atoms with Crippen molar-refractivity contribution >= 4 is 23.2 Å². The van der Waals surface area contributed by atoms with Crippen molar-refractivity contribution in [2.24, 2.45) is 0 Å². The van der Waals surface area contributed by atoms with Gasteiger partial charge in [-0.05, 0) is 30.5 Å². The van der Waals surface area contributed by atoms with Crippen molar-refractivity contribution in [3.8, 4) is 0 Å². The minimum Gasteiger partial charge on any atom is -0.378 e. The normalized spacial score (nSPS) is 13.7. The maximum absolute atomic E-state index is 12.0. The lowest BCUT2D eigenvalue weighted by atomic mass is 10.1. The van der Waals surface area contributed by atoms with Crippen LogP contribution in [0.2, 0.25) is 5.15 Å². The van der Waals surface area contributed by atoms with Crippen LogP contribution in [0.25, 0.3) is 0 Å². The number of nitrogens with one attached hydrogen (secondary N) is 3. The largest absolute Gasteiger partial charge is 0.378 e. The van der Waals surface area contributed by atoms with Crippen LogP contribution in [-0.2, 0) is 6.54 Å². The third-order valence-electron chi connectivity index (χ3n) is 3.35. The zero-order chi connectivity index (χ0) is 15.5. The molecule has 1 heterocycles. The molecule has 6 nitrogen and oxygen atoms in total. The van der Waals surface area contributed by atoms with E-state index in [0.717, 1.165) is 18.4 Å². The summed E-state index contributed by atoms with van der Waals surface area (Å²) in [4.78, 5) is 23.2. The number of amides is 1. The smallest absolute Gasteiger partial charge is 0.266 e. The molecule has 2 aromatic rings. The average Bonchev–Trinajstić information content (AvgIpc) is 3.32. The van der Waals surface area contributed by atoms with Crippen LogP contribution in [0, 0.1) is 0 Å². The van der Waals surface area contributed by atoms with Crippen molar-refractivity contribution in [2.45, 2.75) is 25.4 Å². The van der Waals surface area contributed by atoms with E-state index in [1.165, 1.54) is 6.07 Å². The number of benzene rings is 1. The number of hydrogen-bond donors (Lipinski definition) is 3. The molecule has 114 valence electrons. The monoisotopic (exact) mass is 318 g/mol. The molecule has 1 saturated carbocycles. The molecule has 0 bridgehead atoms. The van der Waals surface area contributed by atoms with E-state index in [4.69, 9.17) is 11.6 Å². The molecule has 1 aromatic heterocycles. The second-order valence-corrected chi connectivity index (χ2v) is 5.60. The molecule has 3 N–H and O–H groups in total. The highest BCUT2D eigenvalue weighted by Crippen LogP contribution is 2.20. The molecule has 1 aromatic carbocycles. The Morgan fingerprint density at radius 3 is 2.95 bits per heavy atom. The summed E-state index contributed by atoms with van der Waals surface area (Å²) in [6.45, 7) is 0.440. The van der Waals surface area contributed by atoms with Gasteiger partial charge in [0.15, 0.2) is 5.15 Å². The molecule has 0 radical (unpaired) electrons. The molecular formula is C15H15ClN4O2. The van der Waals surface area contributed by atoms with Crippen LogP contribution in [0.5, 0.6) is 0 Å².